The molecule has 6 atom stereocenters. The molecule has 156 valence electrons. The number of hydrogen-bond donors (Lipinski definition) is 0. The monoisotopic (exact) mass is 402 g/mol. The van der Waals surface area contributed by atoms with Crippen molar-refractivity contribution in [2.45, 2.75) is 61.3 Å². The van der Waals surface area contributed by atoms with Gasteiger partial charge in [-0.25, -0.2) is 0 Å². The summed E-state index contributed by atoms with van der Waals surface area (Å²) in [6, 6.07) is 7.69. The van der Waals surface area contributed by atoms with Crippen molar-refractivity contribution in [2.24, 2.45) is 0 Å². The minimum atomic E-state index is -0.884. The van der Waals surface area contributed by atoms with E-state index in [1.165, 1.54) is 0 Å². The largest absolute Gasteiger partial charge is 0.466 e. The van der Waals surface area contributed by atoms with Crippen molar-refractivity contribution in [1.29, 1.82) is 0 Å². The van der Waals surface area contributed by atoms with Gasteiger partial charge in [0.2, 0.25) is 0 Å². The lowest BCUT2D eigenvalue weighted by Gasteiger charge is -2.45. The smallest absolute Gasteiger partial charge is 0.181 e. The molecule has 0 N–H and O–H groups in total. The lowest BCUT2D eigenvalue weighted by molar-refractivity contribution is -0.272. The third-order valence-electron chi connectivity index (χ3n) is 6.59. The molecule has 4 aliphatic rings. The minimum Gasteiger partial charge on any atom is -0.466 e. The number of hydrogen-bond acceptors (Lipinski definition) is 7. The summed E-state index contributed by atoms with van der Waals surface area (Å²) in [5.41, 5.74) is -1.77. The predicted molar refractivity (Wildman–Crippen MR) is 99.3 cm³/mol. The Bertz CT molecular complexity index is 730. The van der Waals surface area contributed by atoms with Crippen LogP contribution in [-0.4, -0.2) is 50.8 Å². The van der Waals surface area contributed by atoms with Gasteiger partial charge in [0.15, 0.2) is 11.2 Å². The van der Waals surface area contributed by atoms with Crippen molar-refractivity contribution in [1.82, 2.24) is 0 Å². The molecule has 7 heteroatoms. The number of ether oxygens (including phenoxy) is 5. The molecular formula is C22H26O7. The lowest BCUT2D eigenvalue weighted by Crippen LogP contribution is -2.57. The van der Waals surface area contributed by atoms with Gasteiger partial charge in [-0.2, -0.15) is 0 Å². The summed E-state index contributed by atoms with van der Waals surface area (Å²) in [6.07, 6.45) is 6.45. The van der Waals surface area contributed by atoms with Crippen LogP contribution in [0.3, 0.4) is 0 Å². The van der Waals surface area contributed by atoms with E-state index in [4.69, 9.17) is 32.5 Å². The normalized spacial score (nSPS) is 35.3. The average Bonchev–Trinajstić information content (AvgIpc) is 3.41. The molecule has 0 saturated carbocycles. The molecule has 0 radical (unpaired) electrons. The zero-order valence-corrected chi connectivity index (χ0v) is 16.3. The quantitative estimate of drug-likeness (QED) is 0.628. The molecule has 0 amide bonds. The highest BCUT2D eigenvalue weighted by Gasteiger charge is 2.67. The Labute approximate surface area is 169 Å². The van der Waals surface area contributed by atoms with Crippen LogP contribution in [0, 0.1) is 0 Å². The molecule has 6 heterocycles. The zero-order valence-electron chi connectivity index (χ0n) is 16.3. The predicted octanol–water partition coefficient (Wildman–Crippen LogP) is 3.14. The van der Waals surface area contributed by atoms with Gasteiger partial charge in [-0.05, 0) is 49.9 Å². The summed E-state index contributed by atoms with van der Waals surface area (Å²) in [5.74, 6) is 1.45. The Balaban J connectivity index is 1.51. The van der Waals surface area contributed by atoms with Gasteiger partial charge in [0.1, 0.15) is 23.7 Å². The fourth-order valence-electron chi connectivity index (χ4n) is 5.12. The first-order valence-corrected chi connectivity index (χ1v) is 10.6. The third-order valence-corrected chi connectivity index (χ3v) is 6.59. The summed E-state index contributed by atoms with van der Waals surface area (Å²) < 4.78 is 43.2. The maximum Gasteiger partial charge on any atom is 0.181 e. The summed E-state index contributed by atoms with van der Waals surface area (Å²) >= 11 is 0. The lowest BCUT2D eigenvalue weighted by atomic mass is 9.82. The van der Waals surface area contributed by atoms with E-state index >= 15 is 0 Å². The first-order valence-electron chi connectivity index (χ1n) is 10.6. The minimum absolute atomic E-state index is 0.147. The van der Waals surface area contributed by atoms with Crippen molar-refractivity contribution in [2.75, 3.05) is 26.4 Å². The first-order chi connectivity index (χ1) is 14.3. The highest BCUT2D eigenvalue weighted by atomic mass is 16.7. The van der Waals surface area contributed by atoms with Crippen molar-refractivity contribution in [3.8, 4) is 0 Å². The molecule has 4 aliphatic heterocycles. The fourth-order valence-corrected chi connectivity index (χ4v) is 5.12. The van der Waals surface area contributed by atoms with Crippen LogP contribution in [0.1, 0.15) is 37.2 Å². The zero-order chi connectivity index (χ0) is 19.3. The molecule has 0 bridgehead atoms. The van der Waals surface area contributed by atoms with E-state index in [1.54, 1.807) is 12.5 Å². The van der Waals surface area contributed by atoms with Crippen molar-refractivity contribution >= 4 is 0 Å². The van der Waals surface area contributed by atoms with Crippen LogP contribution in [0.2, 0.25) is 0 Å². The standard InChI is InChI=1S/C22H26O7/c1-5-15(23-9-1)21(19-13-27-19,16-6-2-10-24-16)29-22(20-14-28-20,17-7-3-11-25-17)18-8-4-12-26-18/h1,3,5,7,9,11,16,18-20H,2,4,6,8,10,12-14H2. The molecule has 6 rings (SSSR count). The number of epoxide rings is 2. The Morgan fingerprint density at radius 2 is 1.17 bits per heavy atom. The molecule has 6 unspecified atom stereocenters. The average molecular weight is 402 g/mol. The van der Waals surface area contributed by atoms with E-state index in [9.17, 15) is 0 Å². The van der Waals surface area contributed by atoms with E-state index in [-0.39, 0.29) is 24.4 Å². The van der Waals surface area contributed by atoms with Crippen LogP contribution in [-0.2, 0) is 34.9 Å². The Hall–Kier alpha value is -1.64. The van der Waals surface area contributed by atoms with Gasteiger partial charge < -0.3 is 32.5 Å². The van der Waals surface area contributed by atoms with Crippen LogP contribution >= 0.6 is 0 Å². The van der Waals surface area contributed by atoms with Gasteiger partial charge in [0, 0.05) is 13.2 Å². The molecule has 29 heavy (non-hydrogen) atoms. The summed E-state index contributed by atoms with van der Waals surface area (Å²) in [6.45, 7) is 2.62. The van der Waals surface area contributed by atoms with E-state index in [1.807, 2.05) is 24.3 Å². The van der Waals surface area contributed by atoms with Crippen molar-refractivity contribution < 1.29 is 32.5 Å². The van der Waals surface area contributed by atoms with Gasteiger partial charge in [0.25, 0.3) is 0 Å². The van der Waals surface area contributed by atoms with Gasteiger partial charge in [0.05, 0.1) is 37.9 Å². The summed E-state index contributed by atoms with van der Waals surface area (Å²) in [7, 11) is 0. The molecular weight excluding hydrogens is 376 g/mol. The van der Waals surface area contributed by atoms with Crippen LogP contribution in [0.5, 0.6) is 0 Å². The van der Waals surface area contributed by atoms with Crippen molar-refractivity contribution in [3.63, 3.8) is 0 Å². The van der Waals surface area contributed by atoms with Crippen LogP contribution in [0.25, 0.3) is 0 Å². The van der Waals surface area contributed by atoms with E-state index < -0.39 is 11.2 Å². The molecule has 2 aromatic rings. The van der Waals surface area contributed by atoms with Crippen LogP contribution < -0.4 is 0 Å². The summed E-state index contributed by atoms with van der Waals surface area (Å²) in [5, 5.41) is 0. The maximum atomic E-state index is 7.24. The summed E-state index contributed by atoms with van der Waals surface area (Å²) in [4.78, 5) is 0. The Morgan fingerprint density at radius 1 is 0.690 bits per heavy atom. The number of furan rings is 2. The van der Waals surface area contributed by atoms with E-state index in [0.29, 0.717) is 26.4 Å². The van der Waals surface area contributed by atoms with Gasteiger partial charge in [-0.3, -0.25) is 0 Å². The fraction of sp³-hybridized carbons (Fsp3) is 0.636. The van der Waals surface area contributed by atoms with E-state index in [2.05, 4.69) is 0 Å². The van der Waals surface area contributed by atoms with Gasteiger partial charge in [-0.1, -0.05) is 0 Å². The SMILES string of the molecule is c1coc(C(OC(c2ccco2)(C2CCCO2)C2CO2)(C2CCCO2)C2CO2)c1. The molecule has 2 aromatic heterocycles. The molecule has 0 spiro atoms. The highest BCUT2D eigenvalue weighted by Crippen LogP contribution is 2.54. The second-order valence-corrected chi connectivity index (χ2v) is 8.29. The second kappa shape index (κ2) is 6.96. The molecule has 4 saturated heterocycles. The molecule has 4 fully saturated rings. The van der Waals surface area contributed by atoms with E-state index in [0.717, 1.165) is 37.2 Å². The Morgan fingerprint density at radius 3 is 1.48 bits per heavy atom. The third kappa shape index (κ3) is 2.83. The number of rotatable bonds is 8. The maximum absolute atomic E-state index is 7.24. The van der Waals surface area contributed by atoms with Crippen molar-refractivity contribution in [3.05, 3.63) is 48.3 Å². The molecule has 0 aliphatic carbocycles. The van der Waals surface area contributed by atoms with Gasteiger partial charge in [-0.15, -0.1) is 0 Å². The molecule has 0 aromatic carbocycles. The Kier molecular flexibility index (Phi) is 4.36. The van der Waals surface area contributed by atoms with Gasteiger partial charge >= 0.3 is 0 Å². The second-order valence-electron chi connectivity index (χ2n) is 8.29. The molecule has 7 nitrogen and oxygen atoms in total. The van der Waals surface area contributed by atoms with Crippen LogP contribution in [0.15, 0.2) is 45.6 Å². The topological polar surface area (TPSA) is 79.0 Å². The highest BCUT2D eigenvalue weighted by molar-refractivity contribution is 5.25. The first kappa shape index (κ1) is 18.2. The van der Waals surface area contributed by atoms with Crippen LogP contribution in [0.4, 0.5) is 0 Å².